The maximum atomic E-state index is 11.8. The summed E-state index contributed by atoms with van der Waals surface area (Å²) in [4.78, 5) is 11.8. The molecular formula is C17H18O4. The van der Waals surface area contributed by atoms with Crippen LogP contribution in [0, 0.1) is 0 Å². The normalized spacial score (nSPS) is 10.2. The number of aliphatic hydroxyl groups is 1. The van der Waals surface area contributed by atoms with Gasteiger partial charge in [-0.2, -0.15) is 0 Å². The van der Waals surface area contributed by atoms with E-state index in [9.17, 15) is 4.79 Å². The number of ether oxygens (including phenoxy) is 2. The Labute approximate surface area is 123 Å². The summed E-state index contributed by atoms with van der Waals surface area (Å²) in [6, 6.07) is 15.0. The summed E-state index contributed by atoms with van der Waals surface area (Å²) < 4.78 is 10.5. The van der Waals surface area contributed by atoms with Gasteiger partial charge in [0, 0.05) is 6.61 Å². The Morgan fingerprint density at radius 1 is 1.10 bits per heavy atom. The Kier molecular flexibility index (Phi) is 5.35. The van der Waals surface area contributed by atoms with E-state index in [4.69, 9.17) is 14.6 Å². The van der Waals surface area contributed by atoms with Gasteiger partial charge < -0.3 is 14.6 Å². The third-order valence-electron chi connectivity index (χ3n) is 3.09. The SMILES string of the molecule is COC(=O)c1cc(CCO)ccc1OCc1ccccc1. The molecule has 2 rings (SSSR count). The Morgan fingerprint density at radius 2 is 1.86 bits per heavy atom. The van der Waals surface area contributed by atoms with Gasteiger partial charge in [0.2, 0.25) is 0 Å². The molecular weight excluding hydrogens is 268 g/mol. The molecule has 1 N–H and O–H groups in total. The second-order valence-electron chi connectivity index (χ2n) is 4.57. The zero-order chi connectivity index (χ0) is 15.1. The molecule has 110 valence electrons. The summed E-state index contributed by atoms with van der Waals surface area (Å²) in [6.07, 6.45) is 0.489. The summed E-state index contributed by atoms with van der Waals surface area (Å²) in [5.74, 6) is 0.0326. The van der Waals surface area contributed by atoms with E-state index >= 15 is 0 Å². The molecule has 0 amide bonds. The highest BCUT2D eigenvalue weighted by Gasteiger charge is 2.14. The fourth-order valence-corrected chi connectivity index (χ4v) is 1.99. The van der Waals surface area contributed by atoms with Crippen molar-refractivity contribution in [2.75, 3.05) is 13.7 Å². The maximum absolute atomic E-state index is 11.8. The number of esters is 1. The molecule has 0 aromatic heterocycles. The van der Waals surface area contributed by atoms with Crippen molar-refractivity contribution in [3.05, 3.63) is 65.2 Å². The minimum atomic E-state index is -0.446. The van der Waals surface area contributed by atoms with Gasteiger partial charge in [-0.15, -0.1) is 0 Å². The molecule has 21 heavy (non-hydrogen) atoms. The highest BCUT2D eigenvalue weighted by molar-refractivity contribution is 5.92. The fourth-order valence-electron chi connectivity index (χ4n) is 1.99. The summed E-state index contributed by atoms with van der Waals surface area (Å²) in [6.45, 7) is 0.412. The number of hydrogen-bond donors (Lipinski definition) is 1. The van der Waals surface area contributed by atoms with Gasteiger partial charge in [-0.25, -0.2) is 4.79 Å². The molecule has 4 heteroatoms. The molecule has 0 aliphatic heterocycles. The zero-order valence-electron chi connectivity index (χ0n) is 11.9. The molecule has 0 saturated heterocycles. The second-order valence-corrected chi connectivity index (χ2v) is 4.57. The van der Waals surface area contributed by atoms with Crippen molar-refractivity contribution >= 4 is 5.97 Å². The van der Waals surface area contributed by atoms with Crippen LogP contribution >= 0.6 is 0 Å². The van der Waals surface area contributed by atoms with Crippen LogP contribution in [0.15, 0.2) is 48.5 Å². The number of carbonyl (C=O) groups excluding carboxylic acids is 1. The van der Waals surface area contributed by atoms with Gasteiger partial charge in [-0.3, -0.25) is 0 Å². The lowest BCUT2D eigenvalue weighted by molar-refractivity contribution is 0.0595. The van der Waals surface area contributed by atoms with E-state index in [2.05, 4.69) is 0 Å². The Hall–Kier alpha value is -2.33. The molecule has 0 fully saturated rings. The minimum Gasteiger partial charge on any atom is -0.488 e. The summed E-state index contributed by atoms with van der Waals surface area (Å²) in [7, 11) is 1.34. The fraction of sp³-hybridized carbons (Fsp3) is 0.235. The molecule has 2 aromatic rings. The van der Waals surface area contributed by atoms with Gasteiger partial charge in [-0.1, -0.05) is 36.4 Å². The topological polar surface area (TPSA) is 55.8 Å². The van der Waals surface area contributed by atoms with Crippen LogP contribution in [0.1, 0.15) is 21.5 Å². The van der Waals surface area contributed by atoms with E-state index in [1.807, 2.05) is 36.4 Å². The van der Waals surface area contributed by atoms with E-state index in [1.54, 1.807) is 12.1 Å². The standard InChI is InChI=1S/C17H18O4/c1-20-17(19)15-11-13(9-10-18)7-8-16(15)21-12-14-5-3-2-4-6-14/h2-8,11,18H,9-10,12H2,1H3. The minimum absolute atomic E-state index is 0.0326. The number of rotatable bonds is 6. The molecule has 0 aliphatic rings. The van der Waals surface area contributed by atoms with Gasteiger partial charge >= 0.3 is 5.97 Å². The van der Waals surface area contributed by atoms with Gasteiger partial charge in [-0.05, 0) is 29.7 Å². The first kappa shape index (κ1) is 15.1. The van der Waals surface area contributed by atoms with Crippen LogP contribution in [-0.4, -0.2) is 24.8 Å². The van der Waals surface area contributed by atoms with Gasteiger partial charge in [0.1, 0.15) is 17.9 Å². The predicted octanol–water partition coefficient (Wildman–Crippen LogP) is 2.59. The molecule has 0 aliphatic carbocycles. The van der Waals surface area contributed by atoms with Crippen LogP contribution in [0.25, 0.3) is 0 Å². The number of carbonyl (C=O) groups is 1. The smallest absolute Gasteiger partial charge is 0.341 e. The molecule has 0 radical (unpaired) electrons. The molecule has 0 atom stereocenters. The maximum Gasteiger partial charge on any atom is 0.341 e. The van der Waals surface area contributed by atoms with Gasteiger partial charge in [0.25, 0.3) is 0 Å². The number of hydrogen-bond acceptors (Lipinski definition) is 4. The summed E-state index contributed by atoms with van der Waals surface area (Å²) >= 11 is 0. The molecule has 4 nitrogen and oxygen atoms in total. The Bertz CT molecular complexity index is 593. The zero-order valence-corrected chi connectivity index (χ0v) is 11.9. The van der Waals surface area contributed by atoms with Crippen LogP contribution in [0.3, 0.4) is 0 Å². The largest absolute Gasteiger partial charge is 0.488 e. The third kappa shape index (κ3) is 4.07. The van der Waals surface area contributed by atoms with Gasteiger partial charge in [0.15, 0.2) is 0 Å². The lowest BCUT2D eigenvalue weighted by atomic mass is 10.1. The first-order valence-corrected chi connectivity index (χ1v) is 6.73. The van der Waals surface area contributed by atoms with Crippen molar-refractivity contribution in [2.24, 2.45) is 0 Å². The predicted molar refractivity (Wildman–Crippen MR) is 79.3 cm³/mol. The number of aliphatic hydroxyl groups excluding tert-OH is 1. The van der Waals surface area contributed by atoms with Crippen LogP contribution in [0.5, 0.6) is 5.75 Å². The van der Waals surface area contributed by atoms with E-state index in [0.29, 0.717) is 24.3 Å². The van der Waals surface area contributed by atoms with E-state index in [-0.39, 0.29) is 6.61 Å². The molecule has 0 spiro atoms. The summed E-state index contributed by atoms with van der Waals surface area (Å²) in [5.41, 5.74) is 2.26. The summed E-state index contributed by atoms with van der Waals surface area (Å²) in [5, 5.41) is 8.98. The van der Waals surface area contributed by atoms with E-state index in [1.165, 1.54) is 7.11 Å². The van der Waals surface area contributed by atoms with E-state index < -0.39 is 5.97 Å². The van der Waals surface area contributed by atoms with Crippen molar-refractivity contribution < 1.29 is 19.4 Å². The van der Waals surface area contributed by atoms with Gasteiger partial charge in [0.05, 0.1) is 7.11 Å². The molecule has 0 unspecified atom stereocenters. The molecule has 2 aromatic carbocycles. The second kappa shape index (κ2) is 7.45. The first-order valence-electron chi connectivity index (χ1n) is 6.73. The quantitative estimate of drug-likeness (QED) is 0.829. The van der Waals surface area contributed by atoms with Crippen molar-refractivity contribution in [3.8, 4) is 5.75 Å². The molecule has 0 bridgehead atoms. The average molecular weight is 286 g/mol. The van der Waals surface area contributed by atoms with Crippen LogP contribution in [0.2, 0.25) is 0 Å². The Balaban J connectivity index is 2.19. The number of benzene rings is 2. The highest BCUT2D eigenvalue weighted by Crippen LogP contribution is 2.22. The average Bonchev–Trinajstić information content (AvgIpc) is 2.54. The Morgan fingerprint density at radius 3 is 2.52 bits per heavy atom. The van der Waals surface area contributed by atoms with Crippen molar-refractivity contribution in [1.29, 1.82) is 0 Å². The van der Waals surface area contributed by atoms with E-state index in [0.717, 1.165) is 11.1 Å². The molecule has 0 heterocycles. The highest BCUT2D eigenvalue weighted by atomic mass is 16.5. The third-order valence-corrected chi connectivity index (χ3v) is 3.09. The van der Waals surface area contributed by atoms with Crippen molar-refractivity contribution in [1.82, 2.24) is 0 Å². The molecule has 0 saturated carbocycles. The van der Waals surface area contributed by atoms with Crippen LogP contribution in [-0.2, 0) is 17.8 Å². The van der Waals surface area contributed by atoms with Crippen LogP contribution < -0.4 is 4.74 Å². The first-order chi connectivity index (χ1) is 10.2. The lowest BCUT2D eigenvalue weighted by Crippen LogP contribution is -2.07. The number of methoxy groups -OCH3 is 1. The lowest BCUT2D eigenvalue weighted by Gasteiger charge is -2.12. The van der Waals surface area contributed by atoms with Crippen LogP contribution in [0.4, 0.5) is 0 Å². The van der Waals surface area contributed by atoms with Crippen molar-refractivity contribution in [2.45, 2.75) is 13.0 Å². The monoisotopic (exact) mass is 286 g/mol. The van der Waals surface area contributed by atoms with Crippen molar-refractivity contribution in [3.63, 3.8) is 0 Å².